The number of ether oxygens (including phenoxy) is 1. The average Bonchev–Trinajstić information content (AvgIpc) is 2.57. The predicted molar refractivity (Wildman–Crippen MR) is 97.3 cm³/mol. The van der Waals surface area contributed by atoms with Crippen LogP contribution in [0.15, 0.2) is 0 Å². The molecule has 0 bridgehead atoms. The number of nitrogens with zero attached hydrogens (tertiary/aromatic N) is 1. The van der Waals surface area contributed by atoms with E-state index in [9.17, 15) is 0 Å². The number of likely N-dealkylation sites (N-methyl/N-ethyl adjacent to an activating group) is 1. The van der Waals surface area contributed by atoms with Crippen LogP contribution >= 0.6 is 0 Å². The van der Waals surface area contributed by atoms with Crippen molar-refractivity contribution in [1.82, 2.24) is 0 Å². The quantitative estimate of drug-likeness (QED) is 0.351. The van der Waals surface area contributed by atoms with Crippen LogP contribution in [-0.2, 0) is 4.74 Å². The number of quaternary nitrogens is 1. The van der Waals surface area contributed by atoms with Crippen LogP contribution in [0.25, 0.3) is 0 Å². The van der Waals surface area contributed by atoms with E-state index in [2.05, 4.69) is 13.8 Å². The number of unbranched alkanes of at least 4 members (excludes halogenated alkanes) is 11. The van der Waals surface area contributed by atoms with Gasteiger partial charge in [0.1, 0.15) is 13.1 Å². The smallest absolute Gasteiger partial charge is 0.102 e. The molecule has 0 amide bonds. The van der Waals surface area contributed by atoms with Crippen molar-refractivity contribution >= 4 is 0 Å². The lowest BCUT2D eigenvalue weighted by atomic mass is 10.0. The summed E-state index contributed by atoms with van der Waals surface area (Å²) in [6.07, 6.45) is 17.4. The van der Waals surface area contributed by atoms with Crippen LogP contribution in [0, 0.1) is 0 Å². The van der Waals surface area contributed by atoms with Gasteiger partial charge in [-0.3, -0.25) is 0 Å². The topological polar surface area (TPSA) is 9.23 Å². The first-order valence-corrected chi connectivity index (χ1v) is 10.3. The summed E-state index contributed by atoms with van der Waals surface area (Å²) in [6, 6.07) is 0. The first-order valence-electron chi connectivity index (χ1n) is 10.3. The van der Waals surface area contributed by atoms with Crippen LogP contribution in [0.3, 0.4) is 0 Å². The Morgan fingerprint density at radius 2 is 1.09 bits per heavy atom. The van der Waals surface area contributed by atoms with Crippen LogP contribution in [-0.4, -0.2) is 43.9 Å². The van der Waals surface area contributed by atoms with Crippen molar-refractivity contribution in [2.24, 2.45) is 0 Å². The van der Waals surface area contributed by atoms with Crippen molar-refractivity contribution in [2.45, 2.75) is 90.9 Å². The molecule has 0 aromatic rings. The Bertz CT molecular complexity index is 242. The summed E-state index contributed by atoms with van der Waals surface area (Å²) >= 11 is 0. The van der Waals surface area contributed by atoms with Crippen molar-refractivity contribution in [2.75, 3.05) is 39.4 Å². The lowest BCUT2D eigenvalue weighted by Crippen LogP contribution is -3.00. The summed E-state index contributed by atoms with van der Waals surface area (Å²) in [5, 5.41) is 0. The van der Waals surface area contributed by atoms with Crippen molar-refractivity contribution < 1.29 is 13.9 Å². The second kappa shape index (κ2) is 15.4. The van der Waals surface area contributed by atoms with Gasteiger partial charge in [-0.15, -0.1) is 0 Å². The van der Waals surface area contributed by atoms with Gasteiger partial charge in [0.05, 0.1) is 26.3 Å². The molecule has 0 atom stereocenters. The Balaban J connectivity index is 0.00000484. The summed E-state index contributed by atoms with van der Waals surface area (Å²) in [4.78, 5) is 0. The van der Waals surface area contributed by atoms with E-state index in [-0.39, 0.29) is 4.70 Å². The van der Waals surface area contributed by atoms with Gasteiger partial charge in [-0.25, -0.2) is 0 Å². The third kappa shape index (κ3) is 11.1. The van der Waals surface area contributed by atoms with E-state index in [0.29, 0.717) is 0 Å². The highest BCUT2D eigenvalue weighted by atomic mass is 19.0. The molecule has 1 aliphatic heterocycles. The highest BCUT2D eigenvalue weighted by molar-refractivity contribution is 4.52. The average molecular weight is 332 g/mol. The maximum Gasteiger partial charge on any atom is 0.102 e. The molecule has 0 saturated carbocycles. The summed E-state index contributed by atoms with van der Waals surface area (Å²) in [5.41, 5.74) is 0. The van der Waals surface area contributed by atoms with Crippen molar-refractivity contribution in [3.05, 3.63) is 0 Å². The number of halogens is 1. The lowest BCUT2D eigenvalue weighted by Gasteiger charge is -2.40. The fourth-order valence-corrected chi connectivity index (χ4v) is 3.72. The molecule has 3 heteroatoms. The van der Waals surface area contributed by atoms with E-state index in [1.807, 2.05) is 0 Å². The molecule has 1 fully saturated rings. The van der Waals surface area contributed by atoms with Crippen LogP contribution in [0.1, 0.15) is 90.9 Å². The van der Waals surface area contributed by atoms with E-state index < -0.39 is 0 Å². The molecule has 0 radical (unpaired) electrons. The highest BCUT2D eigenvalue weighted by Crippen LogP contribution is 2.15. The summed E-state index contributed by atoms with van der Waals surface area (Å²) in [5.74, 6) is 0. The third-order valence-corrected chi connectivity index (χ3v) is 5.58. The van der Waals surface area contributed by atoms with Crippen LogP contribution in [0.5, 0.6) is 0 Å². The molecule has 0 spiro atoms. The molecule has 0 aromatic carbocycles. The molecule has 23 heavy (non-hydrogen) atoms. The number of hydrogen-bond donors (Lipinski definition) is 0. The molecule has 1 aliphatic rings. The molecular formula is C20H42FNO. The number of morpholine rings is 1. The van der Waals surface area contributed by atoms with Gasteiger partial charge in [0, 0.05) is 0 Å². The number of rotatable bonds is 14. The van der Waals surface area contributed by atoms with Gasteiger partial charge >= 0.3 is 0 Å². The zero-order valence-corrected chi connectivity index (χ0v) is 16.0. The van der Waals surface area contributed by atoms with E-state index in [1.165, 1.54) is 108 Å². The summed E-state index contributed by atoms with van der Waals surface area (Å²) in [7, 11) is 0. The van der Waals surface area contributed by atoms with Gasteiger partial charge in [0.2, 0.25) is 0 Å². The highest BCUT2D eigenvalue weighted by Gasteiger charge is 2.27. The Labute approximate surface area is 144 Å². The van der Waals surface area contributed by atoms with Crippen LogP contribution in [0.4, 0.5) is 0 Å². The number of hydrogen-bond acceptors (Lipinski definition) is 1. The zero-order valence-electron chi connectivity index (χ0n) is 16.0. The minimum absolute atomic E-state index is 0. The minimum atomic E-state index is 0. The van der Waals surface area contributed by atoms with Gasteiger partial charge in [-0.1, -0.05) is 71.1 Å². The predicted octanol–water partition coefficient (Wildman–Crippen LogP) is 2.56. The van der Waals surface area contributed by atoms with Crippen molar-refractivity contribution in [3.63, 3.8) is 0 Å². The molecule has 0 aromatic heterocycles. The Kier molecular flexibility index (Phi) is 15.3. The van der Waals surface area contributed by atoms with Crippen molar-refractivity contribution in [3.8, 4) is 0 Å². The lowest BCUT2D eigenvalue weighted by molar-refractivity contribution is -0.933. The normalized spacial score (nSPS) is 17.0. The molecule has 140 valence electrons. The first-order chi connectivity index (χ1) is 10.8. The van der Waals surface area contributed by atoms with Crippen LogP contribution in [0.2, 0.25) is 0 Å². The molecule has 1 saturated heterocycles. The molecule has 1 heterocycles. The minimum Gasteiger partial charge on any atom is -1.00 e. The largest absolute Gasteiger partial charge is 1.00 e. The molecule has 2 nitrogen and oxygen atoms in total. The second-order valence-corrected chi connectivity index (χ2v) is 7.33. The Morgan fingerprint density at radius 1 is 0.652 bits per heavy atom. The zero-order chi connectivity index (χ0) is 15.9. The van der Waals surface area contributed by atoms with Gasteiger partial charge in [-0.05, 0) is 19.8 Å². The maximum atomic E-state index is 5.52. The molecule has 0 N–H and O–H groups in total. The third-order valence-electron chi connectivity index (χ3n) is 5.58. The Hall–Kier alpha value is -0.150. The standard InChI is InChI=1S/C20H42NO.FH/c1-3-5-6-7-8-9-10-11-12-13-14-15-16-21(4-2)17-19-22-20-18-21;/h3-20H2,1-2H3;1H/q+1;/p-1. The van der Waals surface area contributed by atoms with E-state index in [0.717, 1.165) is 13.2 Å². The molecule has 0 unspecified atom stereocenters. The summed E-state index contributed by atoms with van der Waals surface area (Å²) in [6.45, 7) is 11.8. The van der Waals surface area contributed by atoms with Gasteiger partial charge in [0.25, 0.3) is 0 Å². The van der Waals surface area contributed by atoms with Crippen molar-refractivity contribution in [1.29, 1.82) is 0 Å². The first kappa shape index (κ1) is 22.9. The van der Waals surface area contributed by atoms with Gasteiger partial charge in [-0.2, -0.15) is 0 Å². The van der Waals surface area contributed by atoms with Crippen LogP contribution < -0.4 is 4.70 Å². The van der Waals surface area contributed by atoms with E-state index in [4.69, 9.17) is 4.74 Å². The van der Waals surface area contributed by atoms with Gasteiger partial charge < -0.3 is 13.9 Å². The fourth-order valence-electron chi connectivity index (χ4n) is 3.72. The molecule has 0 aliphatic carbocycles. The van der Waals surface area contributed by atoms with E-state index in [1.54, 1.807) is 0 Å². The monoisotopic (exact) mass is 331 g/mol. The summed E-state index contributed by atoms with van der Waals surface area (Å²) < 4.78 is 6.84. The van der Waals surface area contributed by atoms with Gasteiger partial charge in [0.15, 0.2) is 0 Å². The molecule has 1 rings (SSSR count). The Morgan fingerprint density at radius 3 is 1.52 bits per heavy atom. The SMILES string of the molecule is CCCCCCCCCCCCCC[N+]1(CC)CCOCC1.[F-]. The maximum absolute atomic E-state index is 5.52. The second-order valence-electron chi connectivity index (χ2n) is 7.33. The van der Waals surface area contributed by atoms with E-state index >= 15 is 0 Å². The molecular weight excluding hydrogens is 289 g/mol. The fraction of sp³-hybridized carbons (Fsp3) is 1.00.